The number of methoxy groups -OCH3 is 4. The summed E-state index contributed by atoms with van der Waals surface area (Å²) in [7, 11) is 5.83. The van der Waals surface area contributed by atoms with E-state index in [-0.39, 0.29) is 18.7 Å². The van der Waals surface area contributed by atoms with Crippen molar-refractivity contribution in [3.05, 3.63) is 58.9 Å². The second-order valence-electron chi connectivity index (χ2n) is 10.2. The van der Waals surface area contributed by atoms with Crippen molar-refractivity contribution in [3.63, 3.8) is 0 Å². The van der Waals surface area contributed by atoms with E-state index in [1.165, 1.54) is 14.2 Å². The van der Waals surface area contributed by atoms with Gasteiger partial charge < -0.3 is 34.2 Å². The van der Waals surface area contributed by atoms with Gasteiger partial charge in [-0.2, -0.15) is 0 Å². The van der Waals surface area contributed by atoms with Gasteiger partial charge >= 0.3 is 12.2 Å². The number of aromatic amines is 2. The van der Waals surface area contributed by atoms with Crippen LogP contribution in [0.1, 0.15) is 40.7 Å². The van der Waals surface area contributed by atoms with E-state index in [1.807, 2.05) is 43.3 Å². The third-order valence-electron chi connectivity index (χ3n) is 7.95. The lowest BCUT2D eigenvalue weighted by atomic mass is 9.82. The van der Waals surface area contributed by atoms with E-state index in [0.29, 0.717) is 36.6 Å². The molecule has 0 unspecified atom stereocenters. The van der Waals surface area contributed by atoms with Crippen LogP contribution in [-0.2, 0) is 27.9 Å². The zero-order valence-corrected chi connectivity index (χ0v) is 23.8. The highest BCUT2D eigenvalue weighted by molar-refractivity contribution is 6.03. The Morgan fingerprint density at radius 3 is 2.22 bits per heavy atom. The molecule has 0 aliphatic carbocycles. The van der Waals surface area contributed by atoms with Crippen LogP contribution in [0.5, 0.6) is 11.5 Å². The zero-order chi connectivity index (χ0) is 29.3. The quantitative estimate of drug-likeness (QED) is 0.266. The predicted octanol–water partition coefficient (Wildman–Crippen LogP) is 4.68. The van der Waals surface area contributed by atoms with Crippen LogP contribution in [0.2, 0.25) is 0 Å². The highest BCUT2D eigenvalue weighted by atomic mass is 16.5. The first-order chi connectivity index (χ1) is 19.7. The van der Waals surface area contributed by atoms with Gasteiger partial charge in [0.25, 0.3) is 0 Å². The number of hydrogen-bond donors (Lipinski definition) is 3. The standard InChI is InChI=1S/C30H34N4O7/c1-30(27-22(11-13-34(30)29(37)41-5)20-9-7-18(39-3)15-24(20)33-27)16-25(35)26-21(10-12-31-28(36)40-4)19-8-6-17(38-2)14-23(19)32-26/h6-9,14-15,32-33H,10-13,16H2,1-5H3,(H,31,36)/t30-/m1/s1. The molecule has 4 aromatic rings. The van der Waals surface area contributed by atoms with Crippen LogP contribution in [0.3, 0.4) is 0 Å². The molecule has 5 rings (SSSR count). The van der Waals surface area contributed by atoms with Gasteiger partial charge in [0, 0.05) is 59.1 Å². The van der Waals surface area contributed by atoms with Crippen LogP contribution in [0.15, 0.2) is 36.4 Å². The smallest absolute Gasteiger partial charge is 0.410 e. The van der Waals surface area contributed by atoms with E-state index in [1.54, 1.807) is 19.1 Å². The average Bonchev–Trinajstić information content (AvgIpc) is 3.55. The number of hydrogen-bond acceptors (Lipinski definition) is 7. The Kier molecular flexibility index (Phi) is 7.53. The SMILES string of the molecule is COC(=O)NCCc1c(C(=O)C[C@]2(C)c3[nH]c4cc(OC)ccc4c3CCN2C(=O)OC)[nH]c2cc(OC)ccc12. The Morgan fingerprint density at radius 2 is 1.59 bits per heavy atom. The minimum Gasteiger partial charge on any atom is -0.497 e. The number of Topliss-reactive ketones (excluding diaryl/α,β-unsaturated/α-hetero) is 1. The summed E-state index contributed by atoms with van der Waals surface area (Å²) in [6.45, 7) is 2.55. The van der Waals surface area contributed by atoms with Crippen molar-refractivity contribution in [1.82, 2.24) is 20.2 Å². The van der Waals surface area contributed by atoms with E-state index in [9.17, 15) is 14.4 Å². The van der Waals surface area contributed by atoms with Gasteiger partial charge in [-0.25, -0.2) is 9.59 Å². The number of carbonyl (C=O) groups is 3. The third-order valence-corrected chi connectivity index (χ3v) is 7.95. The molecule has 0 saturated heterocycles. The minimum absolute atomic E-state index is 0.0134. The number of H-pyrrole nitrogens is 2. The number of ketones is 1. The molecule has 1 atom stereocenters. The highest BCUT2D eigenvalue weighted by Gasteiger charge is 2.46. The Bertz CT molecular complexity index is 1640. The molecule has 1 aliphatic rings. The number of alkyl carbamates (subject to hydrolysis) is 1. The van der Waals surface area contributed by atoms with Crippen LogP contribution in [-0.4, -0.2) is 74.4 Å². The van der Waals surface area contributed by atoms with Crippen LogP contribution in [0.25, 0.3) is 21.8 Å². The van der Waals surface area contributed by atoms with Crippen molar-refractivity contribution < 1.29 is 33.3 Å². The fraction of sp³-hybridized carbons (Fsp3) is 0.367. The number of nitrogens with one attached hydrogen (secondary N) is 3. The Morgan fingerprint density at radius 1 is 0.927 bits per heavy atom. The van der Waals surface area contributed by atoms with E-state index < -0.39 is 17.7 Å². The Hall–Kier alpha value is -4.67. The molecule has 2 amide bonds. The summed E-state index contributed by atoms with van der Waals surface area (Å²) in [6.07, 6.45) is -0.0773. The summed E-state index contributed by atoms with van der Waals surface area (Å²) in [4.78, 5) is 47.3. The van der Waals surface area contributed by atoms with Gasteiger partial charge in [-0.3, -0.25) is 9.69 Å². The van der Waals surface area contributed by atoms with Crippen molar-refractivity contribution in [3.8, 4) is 11.5 Å². The van der Waals surface area contributed by atoms with Gasteiger partial charge in [0.2, 0.25) is 0 Å². The maximum atomic E-state index is 14.2. The molecule has 2 aromatic carbocycles. The fourth-order valence-corrected chi connectivity index (χ4v) is 5.90. The molecular formula is C30H34N4O7. The molecule has 0 saturated carbocycles. The van der Waals surface area contributed by atoms with Crippen LogP contribution < -0.4 is 14.8 Å². The van der Waals surface area contributed by atoms with Crippen molar-refractivity contribution in [2.45, 2.75) is 31.7 Å². The summed E-state index contributed by atoms with van der Waals surface area (Å²) >= 11 is 0. The molecular weight excluding hydrogens is 528 g/mol. The number of amides is 2. The van der Waals surface area contributed by atoms with Crippen molar-refractivity contribution in [2.24, 2.45) is 0 Å². The van der Waals surface area contributed by atoms with E-state index >= 15 is 0 Å². The Balaban J connectivity index is 1.58. The highest BCUT2D eigenvalue weighted by Crippen LogP contribution is 2.43. The number of fused-ring (bicyclic) bond motifs is 4. The summed E-state index contributed by atoms with van der Waals surface area (Å²) in [5.41, 5.74) is 3.59. The predicted molar refractivity (Wildman–Crippen MR) is 153 cm³/mol. The molecule has 0 fully saturated rings. The maximum absolute atomic E-state index is 14.2. The Labute approximate surface area is 237 Å². The summed E-state index contributed by atoms with van der Waals surface area (Å²) < 4.78 is 20.6. The number of ether oxygens (including phenoxy) is 4. The van der Waals surface area contributed by atoms with Gasteiger partial charge in [-0.15, -0.1) is 0 Å². The first kappa shape index (κ1) is 27.9. The number of carbonyl (C=O) groups excluding carboxylic acids is 3. The zero-order valence-electron chi connectivity index (χ0n) is 23.8. The molecule has 1 aliphatic heterocycles. The number of aromatic nitrogens is 2. The first-order valence-electron chi connectivity index (χ1n) is 13.3. The largest absolute Gasteiger partial charge is 0.497 e. The molecule has 3 N–H and O–H groups in total. The van der Waals surface area contributed by atoms with Crippen molar-refractivity contribution >= 4 is 39.8 Å². The van der Waals surface area contributed by atoms with Gasteiger partial charge in [-0.05, 0) is 55.2 Å². The number of nitrogens with zero attached hydrogens (tertiary/aromatic N) is 1. The van der Waals surface area contributed by atoms with Gasteiger partial charge in [0.05, 0.1) is 39.7 Å². The molecule has 41 heavy (non-hydrogen) atoms. The molecule has 2 aromatic heterocycles. The van der Waals surface area contributed by atoms with Gasteiger partial charge in [-0.1, -0.05) is 0 Å². The minimum atomic E-state index is -1.03. The van der Waals surface area contributed by atoms with Crippen LogP contribution >= 0.6 is 0 Å². The normalized spacial score (nSPS) is 16.4. The van der Waals surface area contributed by atoms with E-state index in [2.05, 4.69) is 15.3 Å². The molecule has 0 radical (unpaired) electrons. The van der Waals surface area contributed by atoms with Gasteiger partial charge in [0.1, 0.15) is 11.5 Å². The molecule has 0 bridgehead atoms. The lowest BCUT2D eigenvalue weighted by Crippen LogP contribution is -2.52. The molecule has 0 spiro atoms. The van der Waals surface area contributed by atoms with Crippen molar-refractivity contribution in [1.29, 1.82) is 0 Å². The van der Waals surface area contributed by atoms with Crippen LogP contribution in [0.4, 0.5) is 9.59 Å². The molecule has 216 valence electrons. The fourth-order valence-electron chi connectivity index (χ4n) is 5.90. The van der Waals surface area contributed by atoms with E-state index in [0.717, 1.165) is 38.6 Å². The molecule has 3 heterocycles. The number of benzene rings is 2. The maximum Gasteiger partial charge on any atom is 0.410 e. The summed E-state index contributed by atoms with van der Waals surface area (Å²) in [5.74, 6) is 1.16. The summed E-state index contributed by atoms with van der Waals surface area (Å²) in [6, 6.07) is 11.4. The lowest BCUT2D eigenvalue weighted by molar-refractivity contribution is 0.0513. The monoisotopic (exact) mass is 562 g/mol. The van der Waals surface area contributed by atoms with E-state index in [4.69, 9.17) is 18.9 Å². The lowest BCUT2D eigenvalue weighted by Gasteiger charge is -2.43. The second-order valence-corrected chi connectivity index (χ2v) is 10.2. The molecule has 11 heteroatoms. The number of rotatable bonds is 8. The second kappa shape index (κ2) is 11.1. The van der Waals surface area contributed by atoms with Crippen molar-refractivity contribution in [2.75, 3.05) is 41.5 Å². The average molecular weight is 563 g/mol. The first-order valence-corrected chi connectivity index (χ1v) is 13.3. The van der Waals surface area contributed by atoms with Crippen LogP contribution in [0, 0.1) is 0 Å². The third kappa shape index (κ3) is 4.92. The summed E-state index contributed by atoms with van der Waals surface area (Å²) in [5, 5.41) is 4.55. The topological polar surface area (TPSA) is 135 Å². The van der Waals surface area contributed by atoms with Gasteiger partial charge in [0.15, 0.2) is 5.78 Å². The molecule has 11 nitrogen and oxygen atoms in total.